The summed E-state index contributed by atoms with van der Waals surface area (Å²) >= 11 is 0. The first-order valence-corrected chi connectivity index (χ1v) is 12.0. The van der Waals surface area contributed by atoms with Gasteiger partial charge >= 0.3 is 5.97 Å². The van der Waals surface area contributed by atoms with Gasteiger partial charge < -0.3 is 13.9 Å². The smallest absolute Gasteiger partial charge is 0.339 e. The zero-order chi connectivity index (χ0) is 23.8. The molecule has 0 amide bonds. The number of fused-ring (bicyclic) bond motifs is 2. The Labute approximate surface area is 200 Å². The van der Waals surface area contributed by atoms with Crippen LogP contribution in [-0.4, -0.2) is 15.1 Å². The van der Waals surface area contributed by atoms with Crippen molar-refractivity contribution in [2.75, 3.05) is 0 Å². The molecule has 5 rings (SSSR count). The molecule has 0 spiro atoms. The Balaban J connectivity index is 1.69. The SMILES string of the molecule is CC/C=C/n1c(C)c(C2=CC(c3c(C)n(/C=C/CC)c4ccccc34)OC2=O)c2ccccc21. The lowest BCUT2D eigenvalue weighted by molar-refractivity contribution is -0.137. The number of hydrogen-bond donors (Lipinski definition) is 0. The predicted octanol–water partition coefficient (Wildman–Crippen LogP) is 7.66. The van der Waals surface area contributed by atoms with Crippen LogP contribution in [0.1, 0.15) is 55.3 Å². The number of hydrogen-bond acceptors (Lipinski definition) is 2. The maximum atomic E-state index is 13.3. The van der Waals surface area contributed by atoms with Crippen LogP contribution >= 0.6 is 0 Å². The Morgan fingerprint density at radius 1 is 0.824 bits per heavy atom. The number of para-hydroxylation sites is 2. The number of carbonyl (C=O) groups is 1. The van der Waals surface area contributed by atoms with Gasteiger partial charge in [0, 0.05) is 45.7 Å². The van der Waals surface area contributed by atoms with Crippen molar-refractivity contribution in [2.45, 2.75) is 46.6 Å². The standard InChI is InChI=1S/C30H30N2O2/c1-5-7-17-31-20(3)28(22-13-9-11-15-25(22)31)24-19-27(34-30(24)33)29-21(4)32(18-8-6-2)26-16-12-10-14-23(26)29/h7-19,27H,5-6H2,1-4H3/b17-7+,18-8+. The van der Waals surface area contributed by atoms with E-state index < -0.39 is 6.10 Å². The van der Waals surface area contributed by atoms with Gasteiger partial charge in [0.05, 0.1) is 16.6 Å². The van der Waals surface area contributed by atoms with Crippen molar-refractivity contribution in [1.29, 1.82) is 0 Å². The van der Waals surface area contributed by atoms with Gasteiger partial charge in [-0.2, -0.15) is 0 Å². The third-order valence-corrected chi connectivity index (χ3v) is 6.67. The minimum atomic E-state index is -0.420. The molecule has 3 heterocycles. The molecule has 4 aromatic rings. The van der Waals surface area contributed by atoms with Crippen LogP contribution in [0.5, 0.6) is 0 Å². The van der Waals surface area contributed by atoms with Crippen LogP contribution in [0.4, 0.5) is 0 Å². The molecule has 4 nitrogen and oxygen atoms in total. The first-order chi connectivity index (χ1) is 16.6. The van der Waals surface area contributed by atoms with E-state index in [4.69, 9.17) is 4.74 Å². The zero-order valence-corrected chi connectivity index (χ0v) is 20.2. The lowest BCUT2D eigenvalue weighted by atomic mass is 9.99. The molecule has 1 atom stereocenters. The normalized spacial score (nSPS) is 16.4. The summed E-state index contributed by atoms with van der Waals surface area (Å²) in [7, 11) is 0. The maximum absolute atomic E-state index is 13.3. The number of nitrogens with zero attached hydrogens (tertiary/aromatic N) is 2. The molecule has 0 radical (unpaired) electrons. The van der Waals surface area contributed by atoms with E-state index in [9.17, 15) is 4.79 Å². The summed E-state index contributed by atoms with van der Waals surface area (Å²) in [5, 5.41) is 2.18. The van der Waals surface area contributed by atoms with Gasteiger partial charge in [0.25, 0.3) is 0 Å². The van der Waals surface area contributed by atoms with E-state index in [1.807, 2.05) is 30.3 Å². The van der Waals surface area contributed by atoms with Crippen LogP contribution in [0.25, 0.3) is 39.8 Å². The highest BCUT2D eigenvalue weighted by molar-refractivity contribution is 6.22. The van der Waals surface area contributed by atoms with Crippen LogP contribution in [0, 0.1) is 13.8 Å². The van der Waals surface area contributed by atoms with Crippen molar-refractivity contribution >= 4 is 45.7 Å². The Bertz CT molecular complexity index is 1490. The summed E-state index contributed by atoms with van der Waals surface area (Å²) < 4.78 is 10.4. The van der Waals surface area contributed by atoms with Crippen molar-refractivity contribution in [3.8, 4) is 0 Å². The number of benzene rings is 2. The van der Waals surface area contributed by atoms with Gasteiger partial charge in [-0.25, -0.2) is 4.79 Å². The molecule has 0 bridgehead atoms. The van der Waals surface area contributed by atoms with Crippen LogP contribution in [0.3, 0.4) is 0 Å². The molecule has 2 aromatic carbocycles. The van der Waals surface area contributed by atoms with E-state index >= 15 is 0 Å². The van der Waals surface area contributed by atoms with E-state index in [1.165, 1.54) is 0 Å². The highest BCUT2D eigenvalue weighted by Crippen LogP contribution is 2.42. The molecule has 2 aromatic heterocycles. The number of esters is 1. The number of ether oxygens (including phenoxy) is 1. The lowest BCUT2D eigenvalue weighted by Crippen LogP contribution is -2.04. The van der Waals surface area contributed by atoms with Crippen LogP contribution in [-0.2, 0) is 9.53 Å². The van der Waals surface area contributed by atoms with Gasteiger partial charge in [-0.3, -0.25) is 0 Å². The summed E-state index contributed by atoms with van der Waals surface area (Å²) in [6.07, 6.45) is 12.0. The fourth-order valence-corrected chi connectivity index (χ4v) is 5.07. The van der Waals surface area contributed by atoms with Gasteiger partial charge in [-0.1, -0.05) is 62.4 Å². The molecular formula is C30H30N2O2. The summed E-state index contributed by atoms with van der Waals surface area (Å²) in [5.41, 5.74) is 6.99. The maximum Gasteiger partial charge on any atom is 0.339 e. The van der Waals surface area contributed by atoms with E-state index in [2.05, 4.69) is 85.6 Å². The Kier molecular flexibility index (Phi) is 5.74. The molecule has 0 saturated heterocycles. The zero-order valence-electron chi connectivity index (χ0n) is 20.2. The predicted molar refractivity (Wildman–Crippen MR) is 141 cm³/mol. The van der Waals surface area contributed by atoms with Crippen LogP contribution < -0.4 is 0 Å². The fourth-order valence-electron chi connectivity index (χ4n) is 5.07. The average Bonchev–Trinajstić information content (AvgIpc) is 3.44. The summed E-state index contributed by atoms with van der Waals surface area (Å²) in [6, 6.07) is 16.6. The number of cyclic esters (lactones) is 1. The summed E-state index contributed by atoms with van der Waals surface area (Å²) in [6.45, 7) is 8.42. The Morgan fingerprint density at radius 2 is 1.38 bits per heavy atom. The van der Waals surface area contributed by atoms with Crippen LogP contribution in [0.15, 0.2) is 66.8 Å². The topological polar surface area (TPSA) is 36.2 Å². The number of aromatic nitrogens is 2. The molecular weight excluding hydrogens is 420 g/mol. The lowest BCUT2D eigenvalue weighted by Gasteiger charge is -2.09. The molecule has 0 N–H and O–H groups in total. The minimum Gasteiger partial charge on any atom is -0.449 e. The Hall–Kier alpha value is -3.79. The first-order valence-electron chi connectivity index (χ1n) is 12.0. The van der Waals surface area contributed by atoms with Gasteiger partial charge in [0.15, 0.2) is 0 Å². The second-order valence-corrected chi connectivity index (χ2v) is 8.73. The molecule has 0 saturated carbocycles. The van der Waals surface area contributed by atoms with E-state index in [0.717, 1.165) is 57.2 Å². The van der Waals surface area contributed by atoms with E-state index in [0.29, 0.717) is 5.57 Å². The average molecular weight is 451 g/mol. The third kappa shape index (κ3) is 3.41. The minimum absolute atomic E-state index is 0.268. The van der Waals surface area contributed by atoms with Crippen molar-refractivity contribution in [3.05, 3.63) is 89.3 Å². The second-order valence-electron chi connectivity index (χ2n) is 8.73. The van der Waals surface area contributed by atoms with Gasteiger partial charge in [-0.05, 0) is 44.9 Å². The van der Waals surface area contributed by atoms with Gasteiger partial charge in [0.2, 0.25) is 0 Å². The summed E-state index contributed by atoms with van der Waals surface area (Å²) in [4.78, 5) is 13.3. The molecule has 172 valence electrons. The molecule has 1 aliphatic heterocycles. The summed E-state index contributed by atoms with van der Waals surface area (Å²) in [5.74, 6) is -0.268. The molecule has 34 heavy (non-hydrogen) atoms. The quantitative estimate of drug-likeness (QED) is 0.283. The highest BCUT2D eigenvalue weighted by atomic mass is 16.5. The van der Waals surface area contributed by atoms with Crippen molar-refractivity contribution < 1.29 is 9.53 Å². The number of allylic oxidation sites excluding steroid dienone is 2. The van der Waals surface area contributed by atoms with Crippen molar-refractivity contribution in [1.82, 2.24) is 9.13 Å². The number of rotatable bonds is 6. The molecule has 0 fully saturated rings. The fraction of sp³-hybridized carbons (Fsp3) is 0.233. The Morgan fingerprint density at radius 3 is 2.03 bits per heavy atom. The first kappa shape index (κ1) is 22.0. The monoisotopic (exact) mass is 450 g/mol. The van der Waals surface area contributed by atoms with Crippen molar-refractivity contribution in [2.24, 2.45) is 0 Å². The number of carbonyl (C=O) groups excluding carboxylic acids is 1. The van der Waals surface area contributed by atoms with Gasteiger partial charge in [-0.15, -0.1) is 0 Å². The third-order valence-electron chi connectivity index (χ3n) is 6.67. The van der Waals surface area contributed by atoms with Gasteiger partial charge in [0.1, 0.15) is 6.10 Å². The van der Waals surface area contributed by atoms with E-state index in [1.54, 1.807) is 0 Å². The molecule has 1 aliphatic rings. The van der Waals surface area contributed by atoms with Crippen LogP contribution in [0.2, 0.25) is 0 Å². The van der Waals surface area contributed by atoms with Crippen molar-refractivity contribution in [3.63, 3.8) is 0 Å². The second kappa shape index (κ2) is 8.86. The molecule has 0 aliphatic carbocycles. The highest BCUT2D eigenvalue weighted by Gasteiger charge is 2.33. The molecule has 1 unspecified atom stereocenters. The molecule has 4 heteroatoms. The largest absolute Gasteiger partial charge is 0.449 e. The van der Waals surface area contributed by atoms with E-state index in [-0.39, 0.29) is 5.97 Å².